The molecule has 1 aliphatic heterocycles. The lowest BCUT2D eigenvalue weighted by molar-refractivity contribution is -0.120. The number of halogens is 1. The first-order valence-corrected chi connectivity index (χ1v) is 13.8. The fourth-order valence-electron chi connectivity index (χ4n) is 4.63. The number of methoxy groups -OCH3 is 1. The van der Waals surface area contributed by atoms with E-state index in [9.17, 15) is 24.6 Å². The third-order valence-corrected chi connectivity index (χ3v) is 7.07. The van der Waals surface area contributed by atoms with Crippen LogP contribution in [0.4, 0.5) is 16.2 Å². The van der Waals surface area contributed by atoms with Crippen LogP contribution in [0.5, 0.6) is 0 Å². The molecule has 2 aromatic carbocycles. The zero-order valence-electron chi connectivity index (χ0n) is 23.3. The Morgan fingerprint density at radius 3 is 2.77 bits per heavy atom. The molecule has 4 aromatic rings. The molecule has 2 bridgehead atoms. The predicted octanol–water partition coefficient (Wildman–Crippen LogP) is 2.60. The van der Waals surface area contributed by atoms with E-state index in [2.05, 4.69) is 46.2 Å². The van der Waals surface area contributed by atoms with Gasteiger partial charge >= 0.3 is 6.09 Å². The van der Waals surface area contributed by atoms with Gasteiger partial charge < -0.3 is 30.6 Å². The quantitative estimate of drug-likeness (QED) is 0.179. The minimum atomic E-state index is -1.37. The number of tetrazole rings is 1. The number of aromatic nitrogens is 6. The molecule has 3 heterocycles. The summed E-state index contributed by atoms with van der Waals surface area (Å²) in [6.45, 7) is 0. The molecule has 0 saturated heterocycles. The highest BCUT2D eigenvalue weighted by Gasteiger charge is 2.26. The number of carbonyl (C=O) groups excluding carboxylic acids is 3. The number of rotatable bonds is 5. The molecule has 2 aromatic heterocycles. The molecule has 3 atom stereocenters. The van der Waals surface area contributed by atoms with Gasteiger partial charge in [0, 0.05) is 34.1 Å². The van der Waals surface area contributed by atoms with Crippen molar-refractivity contribution in [2.45, 2.75) is 37.5 Å². The summed E-state index contributed by atoms with van der Waals surface area (Å²) in [6, 6.07) is 9.13. The van der Waals surface area contributed by atoms with Crippen molar-refractivity contribution in [3.05, 3.63) is 71.4 Å². The number of aliphatic hydroxyl groups excluding tert-OH is 2. The number of nitrogens with zero attached hydrogens (tertiary/aromatic N) is 5. The Balaban J connectivity index is 1.43. The Morgan fingerprint density at radius 1 is 1.16 bits per heavy atom. The summed E-state index contributed by atoms with van der Waals surface area (Å²) in [4.78, 5) is 45.3. The molecule has 2 unspecified atom stereocenters. The number of hydrogen-bond donors (Lipinski definition) is 6. The van der Waals surface area contributed by atoms with Crippen molar-refractivity contribution in [2.24, 2.45) is 0 Å². The maximum absolute atomic E-state index is 13.1. The van der Waals surface area contributed by atoms with Crippen LogP contribution in [0.25, 0.3) is 23.0 Å². The van der Waals surface area contributed by atoms with Gasteiger partial charge in [0.2, 0.25) is 11.8 Å². The molecule has 15 nitrogen and oxygen atoms in total. The standard InChI is InChI=1S/C28H28ClN9O6/c1-44-28(43)32-17-4-5-18-20(11-17)34-26(42)12-24(40)23(39)8-6-19(27-30-13-21(18)35-27)33-25(41)9-2-15-10-16(29)3-7-22(15)38-14-31-36-37-38/h2-5,7,9-11,13-14,19,23-24,39-40H,6,8,12H2,1H3,(H,30,35)(H,32,43)(H,33,41)(H,34,42)/b9-2+/t19-,23?,24?/m0/s1. The van der Waals surface area contributed by atoms with Crippen LogP contribution in [-0.4, -0.2) is 77.6 Å². The summed E-state index contributed by atoms with van der Waals surface area (Å²) >= 11 is 6.18. The maximum Gasteiger partial charge on any atom is 0.411 e. The van der Waals surface area contributed by atoms with E-state index in [4.69, 9.17) is 11.6 Å². The fraction of sp³-hybridized carbons (Fsp3) is 0.250. The molecular formula is C28H28ClN9O6. The van der Waals surface area contributed by atoms with Crippen LogP contribution in [0, 0.1) is 0 Å². The van der Waals surface area contributed by atoms with Gasteiger partial charge in [-0.25, -0.2) is 9.78 Å². The van der Waals surface area contributed by atoms with Crippen molar-refractivity contribution in [1.29, 1.82) is 0 Å². The van der Waals surface area contributed by atoms with Crippen molar-refractivity contribution < 1.29 is 29.3 Å². The number of imidazole rings is 1. The van der Waals surface area contributed by atoms with Crippen LogP contribution in [0.2, 0.25) is 5.02 Å². The van der Waals surface area contributed by atoms with Crippen molar-refractivity contribution >= 4 is 47.0 Å². The molecule has 0 spiro atoms. The molecule has 44 heavy (non-hydrogen) atoms. The van der Waals surface area contributed by atoms with Crippen LogP contribution in [0.15, 0.2) is 55.0 Å². The Kier molecular flexibility index (Phi) is 9.28. The average molecular weight is 622 g/mol. The van der Waals surface area contributed by atoms with Gasteiger partial charge in [-0.1, -0.05) is 11.6 Å². The van der Waals surface area contributed by atoms with Crippen molar-refractivity contribution in [3.8, 4) is 16.9 Å². The van der Waals surface area contributed by atoms with Gasteiger partial charge in [-0.2, -0.15) is 4.68 Å². The Labute approximate surface area is 255 Å². The second-order valence-corrected chi connectivity index (χ2v) is 10.3. The maximum atomic E-state index is 13.1. The van der Waals surface area contributed by atoms with Gasteiger partial charge in [-0.15, -0.1) is 5.10 Å². The first kappa shape index (κ1) is 30.3. The minimum absolute atomic E-state index is 0.0526. The number of benzene rings is 2. The third-order valence-electron chi connectivity index (χ3n) is 6.84. The van der Waals surface area contributed by atoms with E-state index >= 15 is 0 Å². The van der Waals surface area contributed by atoms with E-state index in [0.29, 0.717) is 44.7 Å². The van der Waals surface area contributed by atoms with Gasteiger partial charge in [0.25, 0.3) is 0 Å². The molecular weight excluding hydrogens is 594 g/mol. The van der Waals surface area contributed by atoms with E-state index in [0.717, 1.165) is 0 Å². The normalized spacial score (nSPS) is 18.7. The average Bonchev–Trinajstić information content (AvgIpc) is 3.71. The molecule has 16 heteroatoms. The molecule has 0 saturated carbocycles. The number of H-pyrrole nitrogens is 1. The summed E-state index contributed by atoms with van der Waals surface area (Å²) in [7, 11) is 1.22. The van der Waals surface area contributed by atoms with Gasteiger partial charge in [0.15, 0.2) is 0 Å². The highest BCUT2D eigenvalue weighted by Crippen LogP contribution is 2.32. The number of fused-ring (bicyclic) bond motifs is 4. The topological polar surface area (TPSA) is 209 Å². The van der Waals surface area contributed by atoms with Gasteiger partial charge in [-0.05, 0) is 65.7 Å². The van der Waals surface area contributed by atoms with Gasteiger partial charge in [-0.3, -0.25) is 14.9 Å². The summed E-state index contributed by atoms with van der Waals surface area (Å²) in [5.74, 6) is -0.639. The summed E-state index contributed by atoms with van der Waals surface area (Å²) in [5.41, 5.74) is 2.78. The SMILES string of the molecule is COC(=O)Nc1ccc2c(c1)NC(=O)CC(O)C(O)CC[C@H](NC(=O)/C=C/c1cc(Cl)ccc1-n1cnnn1)c1nc-2c[nH]1. The monoisotopic (exact) mass is 621 g/mol. The van der Waals surface area contributed by atoms with Gasteiger partial charge in [0.1, 0.15) is 12.2 Å². The lowest BCUT2D eigenvalue weighted by atomic mass is 10.0. The van der Waals surface area contributed by atoms with E-state index in [1.54, 1.807) is 42.6 Å². The number of hydrogen-bond acceptors (Lipinski definition) is 10. The zero-order chi connectivity index (χ0) is 31.2. The van der Waals surface area contributed by atoms with E-state index in [1.165, 1.54) is 30.3 Å². The number of anilines is 2. The fourth-order valence-corrected chi connectivity index (χ4v) is 4.81. The minimum Gasteiger partial charge on any atom is -0.453 e. The zero-order valence-corrected chi connectivity index (χ0v) is 24.0. The van der Waals surface area contributed by atoms with Gasteiger partial charge in [0.05, 0.1) is 48.8 Å². The molecule has 0 aliphatic carbocycles. The number of carbonyl (C=O) groups is 3. The van der Waals surface area contributed by atoms with Crippen molar-refractivity contribution in [1.82, 2.24) is 35.5 Å². The van der Waals surface area contributed by atoms with Crippen LogP contribution in [-0.2, 0) is 14.3 Å². The molecule has 6 N–H and O–H groups in total. The summed E-state index contributed by atoms with van der Waals surface area (Å²) in [6.07, 6.45) is 2.45. The number of ether oxygens (including phenoxy) is 1. The first-order chi connectivity index (χ1) is 21.2. The molecule has 5 rings (SSSR count). The number of aliphatic hydroxyl groups is 2. The third kappa shape index (κ3) is 7.26. The molecule has 228 valence electrons. The van der Waals surface area contributed by atoms with Crippen molar-refractivity contribution in [2.75, 3.05) is 17.7 Å². The predicted molar refractivity (Wildman–Crippen MR) is 159 cm³/mol. The van der Waals surface area contributed by atoms with Crippen LogP contribution >= 0.6 is 11.6 Å². The lowest BCUT2D eigenvalue weighted by Crippen LogP contribution is -2.33. The number of nitrogens with one attached hydrogen (secondary N) is 4. The van der Waals surface area contributed by atoms with Crippen LogP contribution in [0.3, 0.4) is 0 Å². The number of amides is 3. The van der Waals surface area contributed by atoms with Crippen LogP contribution < -0.4 is 16.0 Å². The summed E-state index contributed by atoms with van der Waals surface area (Å²) in [5, 5.41) is 40.9. The Bertz CT molecular complexity index is 1690. The second kappa shape index (κ2) is 13.5. The summed E-state index contributed by atoms with van der Waals surface area (Å²) < 4.78 is 6.07. The highest BCUT2D eigenvalue weighted by atomic mass is 35.5. The smallest absolute Gasteiger partial charge is 0.411 e. The number of aromatic amines is 1. The first-order valence-electron chi connectivity index (χ1n) is 13.4. The Hall–Kier alpha value is -5.12. The molecule has 1 aliphatic rings. The van der Waals surface area contributed by atoms with E-state index in [1.807, 2.05) is 0 Å². The molecule has 0 radical (unpaired) electrons. The Morgan fingerprint density at radius 2 is 2.00 bits per heavy atom. The lowest BCUT2D eigenvalue weighted by Gasteiger charge is -2.21. The van der Waals surface area contributed by atoms with Crippen molar-refractivity contribution in [3.63, 3.8) is 0 Å². The highest BCUT2D eigenvalue weighted by molar-refractivity contribution is 6.30. The second-order valence-electron chi connectivity index (χ2n) is 9.86. The molecule has 3 amide bonds. The van der Waals surface area contributed by atoms with Crippen LogP contribution in [0.1, 0.15) is 36.7 Å². The van der Waals surface area contributed by atoms with E-state index < -0.39 is 36.2 Å². The largest absolute Gasteiger partial charge is 0.453 e. The molecule has 0 fully saturated rings. The van der Waals surface area contributed by atoms with E-state index in [-0.39, 0.29) is 19.3 Å².